The third-order valence-electron chi connectivity index (χ3n) is 6.54. The molecule has 0 spiro atoms. The lowest BCUT2D eigenvalue weighted by atomic mass is 9.98. The number of anilines is 2. The normalized spacial score (nSPS) is 16.9. The summed E-state index contributed by atoms with van der Waals surface area (Å²) in [6.45, 7) is 5.67. The quantitative estimate of drug-likeness (QED) is 0.308. The summed E-state index contributed by atoms with van der Waals surface area (Å²) in [4.78, 5) is 41.7. The molecule has 0 radical (unpaired) electrons. The number of hydrogen-bond acceptors (Lipinski definition) is 7. The van der Waals surface area contributed by atoms with Gasteiger partial charge in [-0.15, -0.1) is 0 Å². The van der Waals surface area contributed by atoms with Crippen molar-refractivity contribution in [3.05, 3.63) is 96.2 Å². The van der Waals surface area contributed by atoms with Gasteiger partial charge in [-0.05, 0) is 41.5 Å². The molecule has 1 amide bonds. The second-order valence-corrected chi connectivity index (χ2v) is 9.62. The third-order valence-corrected chi connectivity index (χ3v) is 6.54. The Morgan fingerprint density at radius 2 is 1.42 bits per heavy atom. The van der Waals surface area contributed by atoms with Crippen LogP contribution in [0, 0.1) is 0 Å². The molecule has 194 valence electrons. The Morgan fingerprint density at radius 3 is 2.08 bits per heavy atom. The monoisotopic (exact) mass is 511 g/mol. The maximum Gasteiger partial charge on any atom is 0.350 e. The van der Waals surface area contributed by atoms with Gasteiger partial charge in [0.05, 0.1) is 0 Å². The first-order valence-electron chi connectivity index (χ1n) is 12.5. The van der Waals surface area contributed by atoms with Crippen molar-refractivity contribution in [1.29, 1.82) is 0 Å². The zero-order valence-corrected chi connectivity index (χ0v) is 21.3. The number of nitrogens with zero attached hydrogens (tertiary/aromatic N) is 2. The molecule has 38 heavy (non-hydrogen) atoms. The number of nitrogens with one attached hydrogen (secondary N) is 1. The molecule has 0 unspecified atom stereocenters. The predicted molar refractivity (Wildman–Crippen MR) is 144 cm³/mol. The van der Waals surface area contributed by atoms with Gasteiger partial charge in [-0.25, -0.2) is 9.59 Å². The molecule has 5 rings (SSSR count). The van der Waals surface area contributed by atoms with Crippen molar-refractivity contribution in [2.75, 3.05) is 36.4 Å². The second-order valence-electron chi connectivity index (χ2n) is 9.62. The van der Waals surface area contributed by atoms with Crippen molar-refractivity contribution in [1.82, 2.24) is 4.90 Å². The minimum atomic E-state index is -1.27. The Morgan fingerprint density at radius 1 is 0.816 bits per heavy atom. The van der Waals surface area contributed by atoms with Crippen LogP contribution in [-0.2, 0) is 19.1 Å². The lowest BCUT2D eigenvalue weighted by molar-refractivity contribution is -0.222. The standard InChI is InChI=1S/C30H29N3O5/c1-30(2)37-28(35)26(29(36)38-30)20-31-22-12-14-23(15-13-22)32-16-18-33(19-17-32)27(34)25-11-7-6-10-24(25)21-8-4-3-5-9-21/h3-15,20,31H,16-19H2,1-2H3. The van der Waals surface area contributed by atoms with Gasteiger partial charge in [0, 0.05) is 63.2 Å². The van der Waals surface area contributed by atoms with Crippen LogP contribution in [-0.4, -0.2) is 54.7 Å². The van der Waals surface area contributed by atoms with Crippen LogP contribution in [0.5, 0.6) is 0 Å². The first-order chi connectivity index (χ1) is 18.3. The number of carbonyl (C=O) groups excluding carboxylic acids is 3. The topological polar surface area (TPSA) is 88.2 Å². The van der Waals surface area contributed by atoms with Crippen LogP contribution in [0.2, 0.25) is 0 Å². The molecular formula is C30H29N3O5. The van der Waals surface area contributed by atoms with E-state index in [9.17, 15) is 14.4 Å². The number of ether oxygens (including phenoxy) is 2. The minimum absolute atomic E-state index is 0.0415. The number of rotatable bonds is 5. The van der Waals surface area contributed by atoms with Crippen LogP contribution in [0.25, 0.3) is 11.1 Å². The van der Waals surface area contributed by atoms with Gasteiger partial charge in [-0.1, -0.05) is 48.5 Å². The molecule has 0 aliphatic carbocycles. The van der Waals surface area contributed by atoms with E-state index >= 15 is 0 Å². The molecule has 2 aliphatic rings. The SMILES string of the molecule is CC1(C)OC(=O)C(=CNc2ccc(N3CCN(C(=O)c4ccccc4-c4ccccc4)CC3)cc2)C(=O)O1. The van der Waals surface area contributed by atoms with E-state index < -0.39 is 17.7 Å². The molecule has 2 aliphatic heterocycles. The zero-order chi connectivity index (χ0) is 26.7. The smallest absolute Gasteiger partial charge is 0.350 e. The molecule has 0 atom stereocenters. The summed E-state index contributed by atoms with van der Waals surface area (Å²) in [5.41, 5.74) is 4.22. The van der Waals surface area contributed by atoms with Crippen LogP contribution in [0.15, 0.2) is 90.6 Å². The molecule has 0 saturated carbocycles. The highest BCUT2D eigenvalue weighted by Gasteiger charge is 2.39. The third kappa shape index (κ3) is 5.39. The van der Waals surface area contributed by atoms with Crippen molar-refractivity contribution in [2.45, 2.75) is 19.6 Å². The van der Waals surface area contributed by atoms with Gasteiger partial charge >= 0.3 is 11.9 Å². The number of benzene rings is 3. The van der Waals surface area contributed by atoms with Crippen molar-refractivity contribution in [3.8, 4) is 11.1 Å². The van der Waals surface area contributed by atoms with Crippen LogP contribution in [0.1, 0.15) is 24.2 Å². The van der Waals surface area contributed by atoms with Gasteiger partial charge < -0.3 is 24.6 Å². The van der Waals surface area contributed by atoms with E-state index in [4.69, 9.17) is 9.47 Å². The molecule has 8 nitrogen and oxygen atoms in total. The number of hydrogen-bond donors (Lipinski definition) is 1. The Balaban J connectivity index is 1.20. The summed E-state index contributed by atoms with van der Waals surface area (Å²) in [6.07, 6.45) is 1.30. The van der Waals surface area contributed by atoms with Crippen molar-refractivity contribution in [2.24, 2.45) is 0 Å². The van der Waals surface area contributed by atoms with E-state index in [1.807, 2.05) is 83.8 Å². The molecule has 2 fully saturated rings. The lowest BCUT2D eigenvalue weighted by Gasteiger charge is -2.36. The summed E-state index contributed by atoms with van der Waals surface area (Å²) in [5, 5.41) is 2.96. The fraction of sp³-hybridized carbons (Fsp3) is 0.233. The summed E-state index contributed by atoms with van der Waals surface area (Å²) in [6, 6.07) is 25.4. The van der Waals surface area contributed by atoms with Crippen molar-refractivity contribution < 1.29 is 23.9 Å². The minimum Gasteiger partial charge on any atom is -0.419 e. The number of carbonyl (C=O) groups is 3. The summed E-state index contributed by atoms with van der Waals surface area (Å²) in [7, 11) is 0. The van der Waals surface area contributed by atoms with Crippen molar-refractivity contribution in [3.63, 3.8) is 0 Å². The zero-order valence-electron chi connectivity index (χ0n) is 21.3. The number of amides is 1. The van der Waals surface area contributed by atoms with Crippen LogP contribution < -0.4 is 10.2 Å². The fourth-order valence-electron chi connectivity index (χ4n) is 4.58. The van der Waals surface area contributed by atoms with Crippen LogP contribution in [0.3, 0.4) is 0 Å². The second kappa shape index (κ2) is 10.4. The molecule has 2 heterocycles. The number of piperazine rings is 1. The molecule has 0 aromatic heterocycles. The van der Waals surface area contributed by atoms with E-state index in [2.05, 4.69) is 10.2 Å². The van der Waals surface area contributed by atoms with Gasteiger partial charge in [0.1, 0.15) is 0 Å². The molecule has 1 N–H and O–H groups in total. The van der Waals surface area contributed by atoms with E-state index in [-0.39, 0.29) is 11.5 Å². The molecule has 8 heteroatoms. The molecule has 2 saturated heterocycles. The molecule has 3 aromatic rings. The van der Waals surface area contributed by atoms with Gasteiger partial charge in [-0.3, -0.25) is 4.79 Å². The number of esters is 2. The Kier molecular flexibility index (Phi) is 6.87. The van der Waals surface area contributed by atoms with Gasteiger partial charge in [0.25, 0.3) is 11.7 Å². The van der Waals surface area contributed by atoms with Crippen LogP contribution >= 0.6 is 0 Å². The summed E-state index contributed by atoms with van der Waals surface area (Å²) < 4.78 is 10.2. The Labute approximate surface area is 221 Å². The van der Waals surface area contributed by atoms with Crippen molar-refractivity contribution >= 4 is 29.2 Å². The average Bonchev–Trinajstić information content (AvgIpc) is 2.92. The first kappa shape index (κ1) is 25.1. The van der Waals surface area contributed by atoms with Gasteiger partial charge in [0.2, 0.25) is 0 Å². The van der Waals surface area contributed by atoms with E-state index in [1.165, 1.54) is 20.0 Å². The molecule has 0 bridgehead atoms. The van der Waals surface area contributed by atoms with Gasteiger partial charge in [0.15, 0.2) is 5.57 Å². The van der Waals surface area contributed by atoms with E-state index in [0.717, 1.165) is 16.8 Å². The highest BCUT2D eigenvalue weighted by Crippen LogP contribution is 2.27. The average molecular weight is 512 g/mol. The van der Waals surface area contributed by atoms with E-state index in [0.29, 0.717) is 37.4 Å². The predicted octanol–water partition coefficient (Wildman–Crippen LogP) is 4.45. The summed E-state index contributed by atoms with van der Waals surface area (Å²) in [5.74, 6) is -2.68. The maximum atomic E-state index is 13.4. The van der Waals surface area contributed by atoms with E-state index in [1.54, 1.807) is 0 Å². The largest absolute Gasteiger partial charge is 0.419 e. The highest BCUT2D eigenvalue weighted by molar-refractivity contribution is 6.15. The summed E-state index contributed by atoms with van der Waals surface area (Å²) >= 11 is 0. The maximum absolute atomic E-state index is 13.4. The van der Waals surface area contributed by atoms with Gasteiger partial charge in [-0.2, -0.15) is 0 Å². The molecule has 3 aromatic carbocycles. The lowest BCUT2D eigenvalue weighted by Crippen LogP contribution is -2.48. The Bertz CT molecular complexity index is 1350. The highest BCUT2D eigenvalue weighted by atomic mass is 16.7. The Hall–Kier alpha value is -4.59. The molecular weight excluding hydrogens is 482 g/mol. The number of cyclic esters (lactones) is 2. The van der Waals surface area contributed by atoms with Crippen LogP contribution in [0.4, 0.5) is 11.4 Å². The fourth-order valence-corrected chi connectivity index (χ4v) is 4.58. The first-order valence-corrected chi connectivity index (χ1v) is 12.5.